The zero-order valence-electron chi connectivity index (χ0n) is 17.2. The SMILES string of the molecule is Cc1cn2c3c(=O)n(CCc4ccccc4)c(=O)n(C)c3nc2n1CC1CCCO1. The lowest BCUT2D eigenvalue weighted by atomic mass is 10.1. The zero-order valence-corrected chi connectivity index (χ0v) is 17.2. The summed E-state index contributed by atoms with van der Waals surface area (Å²) in [6, 6.07) is 9.87. The fraction of sp³-hybridized carbons (Fsp3) is 0.409. The highest BCUT2D eigenvalue weighted by Gasteiger charge is 2.23. The van der Waals surface area contributed by atoms with Gasteiger partial charge in [-0.25, -0.2) is 4.79 Å². The molecule has 8 nitrogen and oxygen atoms in total. The number of imidazole rings is 2. The van der Waals surface area contributed by atoms with E-state index in [0.717, 1.165) is 30.7 Å². The Hall–Kier alpha value is -3.13. The Labute approximate surface area is 173 Å². The van der Waals surface area contributed by atoms with Crippen molar-refractivity contribution in [1.29, 1.82) is 0 Å². The molecule has 5 rings (SSSR count). The molecule has 0 N–H and O–H groups in total. The highest BCUT2D eigenvalue weighted by atomic mass is 16.5. The minimum absolute atomic E-state index is 0.158. The highest BCUT2D eigenvalue weighted by molar-refractivity contribution is 5.75. The van der Waals surface area contributed by atoms with Crippen molar-refractivity contribution in [1.82, 2.24) is 23.1 Å². The van der Waals surface area contributed by atoms with Gasteiger partial charge >= 0.3 is 5.69 Å². The van der Waals surface area contributed by atoms with Gasteiger partial charge in [0.2, 0.25) is 5.78 Å². The van der Waals surface area contributed by atoms with Crippen molar-refractivity contribution in [3.8, 4) is 0 Å². The third-order valence-electron chi connectivity index (χ3n) is 6.02. The molecule has 0 amide bonds. The monoisotopic (exact) mass is 407 g/mol. The molecule has 4 aromatic rings. The third kappa shape index (κ3) is 2.99. The molecule has 3 aromatic heterocycles. The summed E-state index contributed by atoms with van der Waals surface area (Å²) in [5, 5.41) is 0. The van der Waals surface area contributed by atoms with E-state index in [0.29, 0.717) is 36.5 Å². The van der Waals surface area contributed by atoms with Crippen LogP contribution in [0.3, 0.4) is 0 Å². The van der Waals surface area contributed by atoms with E-state index in [1.807, 2.05) is 47.9 Å². The first-order valence-electron chi connectivity index (χ1n) is 10.4. The molecule has 30 heavy (non-hydrogen) atoms. The maximum atomic E-state index is 13.3. The Balaban J connectivity index is 1.62. The molecule has 8 heteroatoms. The van der Waals surface area contributed by atoms with E-state index in [-0.39, 0.29) is 17.4 Å². The number of benzene rings is 1. The highest BCUT2D eigenvalue weighted by Crippen LogP contribution is 2.20. The Bertz CT molecular complexity index is 1340. The summed E-state index contributed by atoms with van der Waals surface area (Å²) in [5.41, 5.74) is 2.31. The van der Waals surface area contributed by atoms with Crippen molar-refractivity contribution in [3.63, 3.8) is 0 Å². The fourth-order valence-corrected chi connectivity index (χ4v) is 4.36. The van der Waals surface area contributed by atoms with Gasteiger partial charge in [-0.05, 0) is 31.7 Å². The van der Waals surface area contributed by atoms with Gasteiger partial charge in [-0.15, -0.1) is 0 Å². The maximum Gasteiger partial charge on any atom is 0.332 e. The van der Waals surface area contributed by atoms with E-state index >= 15 is 0 Å². The van der Waals surface area contributed by atoms with Crippen LogP contribution in [0.25, 0.3) is 16.9 Å². The first-order chi connectivity index (χ1) is 14.5. The topological polar surface area (TPSA) is 75.5 Å². The number of hydrogen-bond acceptors (Lipinski definition) is 4. The van der Waals surface area contributed by atoms with Gasteiger partial charge in [0.1, 0.15) is 0 Å². The molecule has 156 valence electrons. The van der Waals surface area contributed by atoms with Crippen LogP contribution in [0.5, 0.6) is 0 Å². The van der Waals surface area contributed by atoms with E-state index < -0.39 is 0 Å². The van der Waals surface area contributed by atoms with Crippen LogP contribution < -0.4 is 11.2 Å². The molecular formula is C22H25N5O3. The zero-order chi connectivity index (χ0) is 20.8. The van der Waals surface area contributed by atoms with E-state index in [4.69, 9.17) is 4.74 Å². The Morgan fingerprint density at radius 2 is 1.97 bits per heavy atom. The third-order valence-corrected chi connectivity index (χ3v) is 6.02. The predicted molar refractivity (Wildman–Crippen MR) is 114 cm³/mol. The number of aryl methyl sites for hydroxylation is 3. The van der Waals surface area contributed by atoms with E-state index in [9.17, 15) is 9.59 Å². The molecule has 1 fully saturated rings. The summed E-state index contributed by atoms with van der Waals surface area (Å²) in [4.78, 5) is 30.9. The second kappa shape index (κ2) is 7.28. The minimum Gasteiger partial charge on any atom is -0.376 e. The van der Waals surface area contributed by atoms with Crippen LogP contribution in [0, 0.1) is 6.92 Å². The van der Waals surface area contributed by atoms with Gasteiger partial charge in [0.25, 0.3) is 5.56 Å². The van der Waals surface area contributed by atoms with Crippen molar-refractivity contribution in [2.75, 3.05) is 6.61 Å². The number of ether oxygens (including phenoxy) is 1. The summed E-state index contributed by atoms with van der Waals surface area (Å²) < 4.78 is 12.5. The van der Waals surface area contributed by atoms with Gasteiger partial charge in [0.15, 0.2) is 11.2 Å². The van der Waals surface area contributed by atoms with Crippen molar-refractivity contribution < 1.29 is 4.74 Å². The lowest BCUT2D eigenvalue weighted by Gasteiger charge is -2.11. The smallest absolute Gasteiger partial charge is 0.332 e. The second-order valence-corrected chi connectivity index (χ2v) is 8.00. The van der Waals surface area contributed by atoms with Gasteiger partial charge in [-0.1, -0.05) is 30.3 Å². The average molecular weight is 407 g/mol. The van der Waals surface area contributed by atoms with Gasteiger partial charge in [-0.2, -0.15) is 4.98 Å². The van der Waals surface area contributed by atoms with Crippen molar-refractivity contribution in [2.24, 2.45) is 7.05 Å². The lowest BCUT2D eigenvalue weighted by molar-refractivity contribution is 0.0974. The van der Waals surface area contributed by atoms with E-state index in [2.05, 4.69) is 9.55 Å². The molecule has 1 aromatic carbocycles. The standard InChI is InChI=1S/C22H25N5O3/c1-15-13-27-18-19(23-21(27)26(15)14-17-9-6-12-30-17)24(2)22(29)25(20(18)28)11-10-16-7-4-3-5-8-16/h3-5,7-8,13,17H,6,9-12,14H2,1-2H3. The van der Waals surface area contributed by atoms with Crippen molar-refractivity contribution in [3.05, 3.63) is 68.6 Å². The Morgan fingerprint density at radius 3 is 2.70 bits per heavy atom. The van der Waals surface area contributed by atoms with Gasteiger partial charge < -0.3 is 9.30 Å². The molecule has 1 aliphatic rings. The number of nitrogens with zero attached hydrogens (tertiary/aromatic N) is 5. The van der Waals surface area contributed by atoms with Crippen LogP contribution in [0.15, 0.2) is 46.1 Å². The van der Waals surface area contributed by atoms with Crippen LogP contribution in [0.2, 0.25) is 0 Å². The summed E-state index contributed by atoms with van der Waals surface area (Å²) >= 11 is 0. The fourth-order valence-electron chi connectivity index (χ4n) is 4.36. The summed E-state index contributed by atoms with van der Waals surface area (Å²) in [5.74, 6) is 0.672. The number of hydrogen-bond donors (Lipinski definition) is 0. The van der Waals surface area contributed by atoms with E-state index in [1.165, 1.54) is 9.13 Å². The lowest BCUT2D eigenvalue weighted by Crippen LogP contribution is -2.39. The van der Waals surface area contributed by atoms with Crippen LogP contribution in [0.1, 0.15) is 24.1 Å². The van der Waals surface area contributed by atoms with Gasteiger partial charge in [0.05, 0.1) is 12.6 Å². The number of fused-ring (bicyclic) bond motifs is 3. The molecule has 0 bridgehead atoms. The average Bonchev–Trinajstić information content (AvgIpc) is 3.45. The molecule has 0 aliphatic carbocycles. The van der Waals surface area contributed by atoms with Crippen LogP contribution in [-0.2, 0) is 31.3 Å². The largest absolute Gasteiger partial charge is 0.376 e. The second-order valence-electron chi connectivity index (χ2n) is 8.00. The number of rotatable bonds is 5. The first-order valence-corrected chi connectivity index (χ1v) is 10.4. The molecule has 0 radical (unpaired) electrons. The summed E-state index contributed by atoms with van der Waals surface area (Å²) in [6.07, 6.45) is 4.79. The van der Waals surface area contributed by atoms with Crippen LogP contribution >= 0.6 is 0 Å². The number of aromatic nitrogens is 5. The van der Waals surface area contributed by atoms with Crippen LogP contribution in [-0.4, -0.2) is 35.8 Å². The Kier molecular flexibility index (Phi) is 4.58. The summed E-state index contributed by atoms with van der Waals surface area (Å²) in [7, 11) is 1.67. The quantitative estimate of drug-likeness (QED) is 0.506. The first kappa shape index (κ1) is 18.9. The Morgan fingerprint density at radius 1 is 1.17 bits per heavy atom. The molecule has 0 spiro atoms. The van der Waals surface area contributed by atoms with Crippen LogP contribution in [0.4, 0.5) is 0 Å². The normalized spacial score (nSPS) is 16.8. The summed E-state index contributed by atoms with van der Waals surface area (Å²) in [6.45, 7) is 3.82. The van der Waals surface area contributed by atoms with Gasteiger partial charge in [-0.3, -0.25) is 18.3 Å². The molecule has 4 heterocycles. The van der Waals surface area contributed by atoms with Crippen molar-refractivity contribution in [2.45, 2.75) is 45.4 Å². The molecule has 1 saturated heterocycles. The maximum absolute atomic E-state index is 13.3. The molecule has 1 aliphatic heterocycles. The molecule has 0 saturated carbocycles. The molecular weight excluding hydrogens is 382 g/mol. The van der Waals surface area contributed by atoms with E-state index in [1.54, 1.807) is 7.05 Å². The molecule has 1 atom stereocenters. The molecule has 1 unspecified atom stereocenters. The van der Waals surface area contributed by atoms with Crippen molar-refractivity contribution >= 4 is 16.9 Å². The predicted octanol–water partition coefficient (Wildman–Crippen LogP) is 1.88. The minimum atomic E-state index is -0.341. The van der Waals surface area contributed by atoms with Gasteiger partial charge in [0, 0.05) is 32.1 Å².